The molecule has 35 heavy (non-hydrogen) atoms. The lowest BCUT2D eigenvalue weighted by molar-refractivity contribution is -0.119. The molecule has 4 amide bonds. The molecule has 2 aliphatic rings. The van der Waals surface area contributed by atoms with Crippen molar-refractivity contribution in [2.45, 2.75) is 38.8 Å². The second kappa shape index (κ2) is 10.1. The Hall–Kier alpha value is -4.00. The Morgan fingerprint density at radius 3 is 2.71 bits per heavy atom. The minimum atomic E-state index is -0.616. The molecule has 2 aromatic rings. The number of likely N-dealkylation sites (tertiary alicyclic amines) is 1. The number of primary amides is 1. The van der Waals surface area contributed by atoms with Crippen molar-refractivity contribution in [1.29, 1.82) is 0 Å². The van der Waals surface area contributed by atoms with Crippen molar-refractivity contribution < 1.29 is 23.9 Å². The van der Waals surface area contributed by atoms with Crippen LogP contribution in [-0.2, 0) is 4.79 Å². The highest BCUT2D eigenvalue weighted by atomic mass is 16.5. The molecule has 0 saturated carbocycles. The molecule has 1 aromatic carbocycles. The SMILES string of the molecule is CNC(=O)N1CC(C#Cc2cnc(OCC3CCC(=O)N3)c3cc(OC(C)C)c(C(N)=O)cc23)C1. The topological polar surface area (TPSA) is 136 Å². The molecule has 1 atom stereocenters. The van der Waals surface area contributed by atoms with Crippen LogP contribution in [0.25, 0.3) is 10.8 Å². The van der Waals surface area contributed by atoms with E-state index in [2.05, 4.69) is 27.5 Å². The first-order valence-corrected chi connectivity index (χ1v) is 11.6. The van der Waals surface area contributed by atoms with Gasteiger partial charge in [-0.3, -0.25) is 9.59 Å². The maximum absolute atomic E-state index is 12.2. The average Bonchev–Trinajstić information content (AvgIpc) is 3.20. The molecule has 1 aromatic heterocycles. The van der Waals surface area contributed by atoms with Gasteiger partial charge in [-0.25, -0.2) is 9.78 Å². The number of nitrogens with two attached hydrogens (primary N) is 1. The molecule has 2 saturated heterocycles. The molecular formula is C25H29N5O5. The maximum atomic E-state index is 12.2. The average molecular weight is 480 g/mol. The van der Waals surface area contributed by atoms with E-state index < -0.39 is 5.91 Å². The standard InChI is InChI=1S/C25H29N5O5/c1-14(2)35-21-9-19-18(8-20(21)23(26)32)16(5-4-15-11-30(12-15)25(33)27-3)10-28-24(19)34-13-17-6-7-22(31)29-17/h8-10,14-15,17H,6-7,11-13H2,1-3H3,(H2,26,32)(H,27,33)(H,29,31). The summed E-state index contributed by atoms with van der Waals surface area (Å²) in [6.07, 6.45) is 2.59. The Labute approximate surface area is 203 Å². The molecule has 3 heterocycles. The van der Waals surface area contributed by atoms with Crippen LogP contribution in [0.4, 0.5) is 4.79 Å². The monoisotopic (exact) mass is 479 g/mol. The van der Waals surface area contributed by atoms with Crippen LogP contribution >= 0.6 is 0 Å². The highest BCUT2D eigenvalue weighted by Crippen LogP contribution is 2.33. The molecule has 0 radical (unpaired) electrons. The molecule has 10 nitrogen and oxygen atoms in total. The first-order chi connectivity index (χ1) is 16.7. The first kappa shape index (κ1) is 24.1. The third-order valence-corrected chi connectivity index (χ3v) is 5.88. The van der Waals surface area contributed by atoms with Gasteiger partial charge in [0, 0.05) is 43.5 Å². The number of carbonyl (C=O) groups excluding carboxylic acids is 3. The fourth-order valence-electron chi connectivity index (χ4n) is 4.06. The summed E-state index contributed by atoms with van der Waals surface area (Å²) >= 11 is 0. The third kappa shape index (κ3) is 5.40. The minimum absolute atomic E-state index is 0.00624. The molecule has 10 heteroatoms. The van der Waals surface area contributed by atoms with Crippen LogP contribution in [-0.4, -0.2) is 66.6 Å². The number of hydrogen-bond acceptors (Lipinski definition) is 6. The highest BCUT2D eigenvalue weighted by Gasteiger charge is 2.28. The number of nitrogens with one attached hydrogen (secondary N) is 2. The number of aromatic nitrogens is 1. The van der Waals surface area contributed by atoms with E-state index >= 15 is 0 Å². The van der Waals surface area contributed by atoms with Gasteiger partial charge < -0.3 is 30.7 Å². The Kier molecular flexibility index (Phi) is 6.96. The predicted octanol–water partition coefficient (Wildman–Crippen LogP) is 1.40. The van der Waals surface area contributed by atoms with Crippen LogP contribution in [0.15, 0.2) is 18.3 Å². The second-order valence-corrected chi connectivity index (χ2v) is 8.94. The summed E-state index contributed by atoms with van der Waals surface area (Å²) in [4.78, 5) is 41.5. The normalized spacial score (nSPS) is 17.4. The van der Waals surface area contributed by atoms with E-state index in [1.807, 2.05) is 13.8 Å². The number of nitrogens with zero attached hydrogens (tertiary/aromatic N) is 2. The highest BCUT2D eigenvalue weighted by molar-refractivity contribution is 6.03. The molecular weight excluding hydrogens is 450 g/mol. The number of urea groups is 1. The Bertz CT molecular complexity index is 1230. The van der Waals surface area contributed by atoms with Gasteiger partial charge in [0.2, 0.25) is 11.8 Å². The van der Waals surface area contributed by atoms with E-state index in [1.54, 1.807) is 30.3 Å². The number of fused-ring (bicyclic) bond motifs is 1. The lowest BCUT2D eigenvalue weighted by atomic mass is 9.99. The molecule has 0 aliphatic carbocycles. The maximum Gasteiger partial charge on any atom is 0.317 e. The van der Waals surface area contributed by atoms with E-state index in [0.29, 0.717) is 53.9 Å². The number of carbonyl (C=O) groups is 3. The third-order valence-electron chi connectivity index (χ3n) is 5.88. The zero-order chi connectivity index (χ0) is 25.1. The van der Waals surface area contributed by atoms with Gasteiger partial charge >= 0.3 is 6.03 Å². The van der Waals surface area contributed by atoms with Gasteiger partial charge in [-0.2, -0.15) is 0 Å². The molecule has 4 rings (SSSR count). The van der Waals surface area contributed by atoms with E-state index in [4.69, 9.17) is 15.2 Å². The van der Waals surface area contributed by atoms with Gasteiger partial charge in [0.1, 0.15) is 12.4 Å². The van der Waals surface area contributed by atoms with Crippen LogP contribution < -0.4 is 25.8 Å². The Morgan fingerprint density at radius 1 is 1.31 bits per heavy atom. The van der Waals surface area contributed by atoms with Gasteiger partial charge in [0.05, 0.1) is 29.2 Å². The fraction of sp³-hybridized carbons (Fsp3) is 0.440. The molecule has 0 spiro atoms. The smallest absolute Gasteiger partial charge is 0.317 e. The van der Waals surface area contributed by atoms with Crippen molar-refractivity contribution in [3.8, 4) is 23.5 Å². The first-order valence-electron chi connectivity index (χ1n) is 11.6. The van der Waals surface area contributed by atoms with Gasteiger partial charge in [-0.1, -0.05) is 11.8 Å². The number of ether oxygens (including phenoxy) is 2. The van der Waals surface area contributed by atoms with Crippen molar-refractivity contribution in [1.82, 2.24) is 20.5 Å². The number of amides is 4. The van der Waals surface area contributed by atoms with Crippen LogP contribution in [0.5, 0.6) is 11.6 Å². The van der Waals surface area contributed by atoms with Crippen LogP contribution in [0.2, 0.25) is 0 Å². The van der Waals surface area contributed by atoms with Crippen molar-refractivity contribution in [2.75, 3.05) is 26.7 Å². The zero-order valence-corrected chi connectivity index (χ0v) is 20.0. The zero-order valence-electron chi connectivity index (χ0n) is 20.0. The summed E-state index contributed by atoms with van der Waals surface area (Å²) in [5, 5.41) is 6.76. The molecule has 2 fully saturated rings. The van der Waals surface area contributed by atoms with E-state index in [1.165, 1.54) is 0 Å². The number of rotatable bonds is 6. The van der Waals surface area contributed by atoms with Gasteiger partial charge in [0.25, 0.3) is 5.91 Å². The molecule has 0 bridgehead atoms. The van der Waals surface area contributed by atoms with Gasteiger partial charge in [0.15, 0.2) is 0 Å². The number of hydrogen-bond donors (Lipinski definition) is 3. The lowest BCUT2D eigenvalue weighted by Gasteiger charge is -2.35. The second-order valence-electron chi connectivity index (χ2n) is 8.94. The van der Waals surface area contributed by atoms with Gasteiger partial charge in [-0.15, -0.1) is 0 Å². The van der Waals surface area contributed by atoms with Crippen LogP contribution in [0, 0.1) is 17.8 Å². The minimum Gasteiger partial charge on any atom is -0.490 e. The van der Waals surface area contributed by atoms with Crippen molar-refractivity contribution in [3.05, 3.63) is 29.5 Å². The van der Waals surface area contributed by atoms with Crippen molar-refractivity contribution in [2.24, 2.45) is 11.7 Å². The summed E-state index contributed by atoms with van der Waals surface area (Å²) in [6.45, 7) is 5.08. The summed E-state index contributed by atoms with van der Waals surface area (Å²) < 4.78 is 11.8. The van der Waals surface area contributed by atoms with E-state index in [-0.39, 0.29) is 42.2 Å². The number of benzene rings is 1. The fourth-order valence-corrected chi connectivity index (χ4v) is 4.06. The lowest BCUT2D eigenvalue weighted by Crippen LogP contribution is -2.52. The molecule has 4 N–H and O–H groups in total. The quantitative estimate of drug-likeness (QED) is 0.536. The van der Waals surface area contributed by atoms with E-state index in [0.717, 1.165) is 0 Å². The van der Waals surface area contributed by atoms with Crippen molar-refractivity contribution >= 4 is 28.6 Å². The number of pyridine rings is 1. The summed E-state index contributed by atoms with van der Waals surface area (Å²) in [7, 11) is 1.59. The summed E-state index contributed by atoms with van der Waals surface area (Å²) in [6, 6.07) is 3.14. The molecule has 1 unspecified atom stereocenters. The Morgan fingerprint density at radius 2 is 2.09 bits per heavy atom. The van der Waals surface area contributed by atoms with Crippen molar-refractivity contribution in [3.63, 3.8) is 0 Å². The predicted molar refractivity (Wildman–Crippen MR) is 129 cm³/mol. The summed E-state index contributed by atoms with van der Waals surface area (Å²) in [5.41, 5.74) is 6.50. The summed E-state index contributed by atoms with van der Waals surface area (Å²) in [5.74, 6) is 6.46. The van der Waals surface area contributed by atoms with Crippen LogP contribution in [0.1, 0.15) is 42.6 Å². The van der Waals surface area contributed by atoms with E-state index in [9.17, 15) is 14.4 Å². The molecule has 184 valence electrons. The van der Waals surface area contributed by atoms with Gasteiger partial charge in [-0.05, 0) is 32.4 Å². The Balaban J connectivity index is 1.68. The van der Waals surface area contributed by atoms with Crippen LogP contribution in [0.3, 0.4) is 0 Å². The molecule has 2 aliphatic heterocycles. The largest absolute Gasteiger partial charge is 0.490 e.